The van der Waals surface area contributed by atoms with Crippen molar-refractivity contribution in [3.8, 4) is 12.0 Å². The first-order valence-corrected chi connectivity index (χ1v) is 4.97. The SMILES string of the molecule is CC#CNNCCN(CC)CCC. The van der Waals surface area contributed by atoms with E-state index in [0.29, 0.717) is 0 Å². The van der Waals surface area contributed by atoms with Crippen LogP contribution in [-0.2, 0) is 0 Å². The zero-order chi connectivity index (χ0) is 9.94. The maximum Gasteiger partial charge on any atom is 0.0282 e. The van der Waals surface area contributed by atoms with Crippen molar-refractivity contribution in [1.29, 1.82) is 0 Å². The number of hydrogen-bond donors (Lipinski definition) is 2. The van der Waals surface area contributed by atoms with Crippen LogP contribution in [0.15, 0.2) is 0 Å². The highest BCUT2D eigenvalue weighted by Crippen LogP contribution is 1.88. The summed E-state index contributed by atoms with van der Waals surface area (Å²) in [5.41, 5.74) is 5.86. The molecule has 0 heterocycles. The minimum absolute atomic E-state index is 0.933. The van der Waals surface area contributed by atoms with E-state index in [4.69, 9.17) is 0 Å². The second kappa shape index (κ2) is 9.37. The third-order valence-electron chi connectivity index (χ3n) is 1.82. The summed E-state index contributed by atoms with van der Waals surface area (Å²) in [5, 5.41) is 0. The Bertz CT molecular complexity index is 157. The highest BCUT2D eigenvalue weighted by atomic mass is 15.3. The highest BCUT2D eigenvalue weighted by molar-refractivity contribution is 4.90. The second-order valence-corrected chi connectivity index (χ2v) is 2.86. The summed E-state index contributed by atoms with van der Waals surface area (Å²) >= 11 is 0. The van der Waals surface area contributed by atoms with Gasteiger partial charge in [0.05, 0.1) is 0 Å². The van der Waals surface area contributed by atoms with E-state index >= 15 is 0 Å². The molecular formula is C10H21N3. The number of likely N-dealkylation sites (N-methyl/N-ethyl adjacent to an activating group) is 1. The molecule has 0 amide bonds. The standard InChI is InChI=1S/C10H21N3/c1-4-7-11-12-8-10-13(6-3)9-5-2/h11-12H,5-6,8-10H2,1-3H3. The van der Waals surface area contributed by atoms with E-state index in [-0.39, 0.29) is 0 Å². The summed E-state index contributed by atoms with van der Waals surface area (Å²) in [6.07, 6.45) is 1.22. The fourth-order valence-corrected chi connectivity index (χ4v) is 1.13. The molecule has 2 N–H and O–H groups in total. The van der Waals surface area contributed by atoms with Crippen LogP contribution in [0.4, 0.5) is 0 Å². The van der Waals surface area contributed by atoms with Crippen LogP contribution in [0.5, 0.6) is 0 Å². The van der Waals surface area contributed by atoms with Gasteiger partial charge in [-0.3, -0.25) is 5.43 Å². The summed E-state index contributed by atoms with van der Waals surface area (Å²) < 4.78 is 0. The first-order valence-electron chi connectivity index (χ1n) is 4.97. The highest BCUT2D eigenvalue weighted by Gasteiger charge is 1.98. The van der Waals surface area contributed by atoms with Crippen LogP contribution in [0.2, 0.25) is 0 Å². The van der Waals surface area contributed by atoms with Gasteiger partial charge < -0.3 is 4.90 Å². The minimum Gasteiger partial charge on any atom is -0.302 e. The zero-order valence-electron chi connectivity index (χ0n) is 8.98. The molecule has 0 aliphatic carbocycles. The molecule has 0 radical (unpaired) electrons. The number of rotatable bonds is 7. The molecular weight excluding hydrogens is 162 g/mol. The fourth-order valence-electron chi connectivity index (χ4n) is 1.13. The molecule has 0 bridgehead atoms. The molecule has 0 aromatic heterocycles. The van der Waals surface area contributed by atoms with Crippen molar-refractivity contribution in [2.75, 3.05) is 26.2 Å². The van der Waals surface area contributed by atoms with Gasteiger partial charge in [0.2, 0.25) is 0 Å². The Morgan fingerprint density at radius 1 is 1.23 bits per heavy atom. The molecule has 0 saturated heterocycles. The molecule has 13 heavy (non-hydrogen) atoms. The minimum atomic E-state index is 0.933. The third kappa shape index (κ3) is 7.63. The molecule has 0 unspecified atom stereocenters. The molecule has 0 spiro atoms. The molecule has 0 rings (SSSR count). The van der Waals surface area contributed by atoms with Gasteiger partial charge in [0.1, 0.15) is 0 Å². The lowest BCUT2D eigenvalue weighted by Crippen LogP contribution is -2.37. The molecule has 0 aliphatic heterocycles. The average molecular weight is 183 g/mol. The Kier molecular flexibility index (Phi) is 8.85. The van der Waals surface area contributed by atoms with Crippen molar-refractivity contribution >= 4 is 0 Å². The molecule has 0 aliphatic rings. The van der Waals surface area contributed by atoms with Gasteiger partial charge in [0.25, 0.3) is 0 Å². The van der Waals surface area contributed by atoms with Gasteiger partial charge in [0, 0.05) is 19.1 Å². The lowest BCUT2D eigenvalue weighted by Gasteiger charge is -2.19. The summed E-state index contributed by atoms with van der Waals surface area (Å²) in [6, 6.07) is 2.74. The predicted molar refractivity (Wildman–Crippen MR) is 57.0 cm³/mol. The maximum atomic E-state index is 3.04. The number of hydrogen-bond acceptors (Lipinski definition) is 3. The van der Waals surface area contributed by atoms with Crippen molar-refractivity contribution in [2.45, 2.75) is 27.2 Å². The van der Waals surface area contributed by atoms with E-state index in [1.54, 1.807) is 0 Å². The van der Waals surface area contributed by atoms with Crippen LogP contribution in [0.25, 0.3) is 0 Å². The van der Waals surface area contributed by atoms with Gasteiger partial charge in [-0.05, 0) is 26.4 Å². The van der Waals surface area contributed by atoms with Gasteiger partial charge in [-0.1, -0.05) is 19.8 Å². The third-order valence-corrected chi connectivity index (χ3v) is 1.82. The van der Waals surface area contributed by atoms with Crippen molar-refractivity contribution < 1.29 is 0 Å². The Morgan fingerprint density at radius 2 is 2.00 bits per heavy atom. The maximum absolute atomic E-state index is 3.04. The van der Waals surface area contributed by atoms with Gasteiger partial charge in [0.15, 0.2) is 0 Å². The van der Waals surface area contributed by atoms with Crippen LogP contribution >= 0.6 is 0 Å². The van der Waals surface area contributed by atoms with Crippen LogP contribution in [-0.4, -0.2) is 31.1 Å². The number of nitrogens with one attached hydrogen (secondary N) is 2. The van der Waals surface area contributed by atoms with E-state index < -0.39 is 0 Å². The van der Waals surface area contributed by atoms with Crippen LogP contribution in [0, 0.1) is 12.0 Å². The van der Waals surface area contributed by atoms with Crippen molar-refractivity contribution in [3.05, 3.63) is 0 Å². The first kappa shape index (κ1) is 12.3. The largest absolute Gasteiger partial charge is 0.302 e. The van der Waals surface area contributed by atoms with E-state index in [1.165, 1.54) is 13.0 Å². The van der Waals surface area contributed by atoms with Gasteiger partial charge in [-0.2, -0.15) is 0 Å². The number of hydrazine groups is 1. The second-order valence-electron chi connectivity index (χ2n) is 2.86. The molecule has 76 valence electrons. The van der Waals surface area contributed by atoms with Crippen LogP contribution < -0.4 is 10.9 Å². The fraction of sp³-hybridized carbons (Fsp3) is 0.800. The van der Waals surface area contributed by atoms with E-state index in [0.717, 1.165) is 19.6 Å². The topological polar surface area (TPSA) is 27.3 Å². The first-order chi connectivity index (χ1) is 6.35. The molecule has 3 nitrogen and oxygen atoms in total. The Balaban J connectivity index is 3.30. The lowest BCUT2D eigenvalue weighted by atomic mass is 10.4. The summed E-state index contributed by atoms with van der Waals surface area (Å²) in [4.78, 5) is 2.41. The van der Waals surface area contributed by atoms with Gasteiger partial charge in [-0.15, -0.1) is 0 Å². The average Bonchev–Trinajstić information content (AvgIpc) is 2.16. The summed E-state index contributed by atoms with van der Waals surface area (Å²) in [5.74, 6) is 2.76. The van der Waals surface area contributed by atoms with Crippen molar-refractivity contribution in [1.82, 2.24) is 15.8 Å². The van der Waals surface area contributed by atoms with Crippen molar-refractivity contribution in [2.24, 2.45) is 0 Å². The van der Waals surface area contributed by atoms with E-state index in [2.05, 4.69) is 41.6 Å². The summed E-state index contributed by atoms with van der Waals surface area (Å²) in [6.45, 7) is 10.5. The quantitative estimate of drug-likeness (QED) is 0.264. The van der Waals surface area contributed by atoms with Gasteiger partial charge in [-0.25, -0.2) is 5.43 Å². The Hall–Kier alpha value is -0.720. The lowest BCUT2D eigenvalue weighted by molar-refractivity contribution is 0.285. The molecule has 0 atom stereocenters. The molecule has 0 saturated carbocycles. The molecule has 0 aromatic rings. The number of nitrogens with zero attached hydrogens (tertiary/aromatic N) is 1. The van der Waals surface area contributed by atoms with E-state index in [9.17, 15) is 0 Å². The van der Waals surface area contributed by atoms with E-state index in [1.807, 2.05) is 6.92 Å². The molecule has 0 aromatic carbocycles. The Morgan fingerprint density at radius 3 is 2.54 bits per heavy atom. The molecule has 3 heteroatoms. The zero-order valence-corrected chi connectivity index (χ0v) is 8.98. The predicted octanol–water partition coefficient (Wildman–Crippen LogP) is 0.793. The normalized spacial score (nSPS) is 9.54. The summed E-state index contributed by atoms with van der Waals surface area (Å²) in [7, 11) is 0. The van der Waals surface area contributed by atoms with Crippen molar-refractivity contribution in [3.63, 3.8) is 0 Å². The van der Waals surface area contributed by atoms with Crippen LogP contribution in [0.1, 0.15) is 27.2 Å². The smallest absolute Gasteiger partial charge is 0.0282 e. The Labute approximate surface area is 81.9 Å². The van der Waals surface area contributed by atoms with Gasteiger partial charge >= 0.3 is 0 Å². The monoisotopic (exact) mass is 183 g/mol. The van der Waals surface area contributed by atoms with Crippen LogP contribution in [0.3, 0.4) is 0 Å². The molecule has 0 fully saturated rings.